The molecule has 1 saturated heterocycles. The molecule has 0 spiro atoms. The number of halogens is 6. The Kier molecular flexibility index (Phi) is 5.06. The van der Waals surface area contributed by atoms with Gasteiger partial charge < -0.3 is 5.32 Å². The Balaban J connectivity index is 2.39. The highest BCUT2D eigenvalue weighted by molar-refractivity contribution is 6.31. The van der Waals surface area contributed by atoms with E-state index in [1.165, 1.54) is 4.90 Å². The quantitative estimate of drug-likeness (QED) is 0.853. The Morgan fingerprint density at radius 2 is 1.76 bits per heavy atom. The van der Waals surface area contributed by atoms with Gasteiger partial charge in [-0.05, 0) is 23.8 Å². The highest BCUT2D eigenvalue weighted by atomic mass is 35.5. The van der Waals surface area contributed by atoms with Crippen molar-refractivity contribution in [2.24, 2.45) is 0 Å². The molecule has 1 atom stereocenters. The molecule has 1 aromatic rings. The molecule has 1 fully saturated rings. The molecule has 0 radical (unpaired) electrons. The minimum absolute atomic E-state index is 0.0770. The minimum atomic E-state index is -4.59. The van der Waals surface area contributed by atoms with Crippen LogP contribution in [0.25, 0.3) is 0 Å². The maximum atomic E-state index is 13.4. The van der Waals surface area contributed by atoms with Gasteiger partial charge in [-0.2, -0.15) is 13.2 Å². The fourth-order valence-corrected chi connectivity index (χ4v) is 2.63. The van der Waals surface area contributed by atoms with Crippen LogP contribution in [0.15, 0.2) is 18.2 Å². The minimum Gasteiger partial charge on any atom is -0.314 e. The van der Waals surface area contributed by atoms with Gasteiger partial charge in [-0.3, -0.25) is 4.90 Å². The molecule has 118 valence electrons. The number of nitrogens with one attached hydrogen (secondary N) is 1. The molecule has 2 nitrogen and oxygen atoms in total. The first-order chi connectivity index (χ1) is 9.80. The lowest BCUT2D eigenvalue weighted by Crippen LogP contribution is -2.47. The van der Waals surface area contributed by atoms with Crippen molar-refractivity contribution in [3.63, 3.8) is 0 Å². The summed E-state index contributed by atoms with van der Waals surface area (Å²) in [6.45, 7) is 1.70. The van der Waals surface area contributed by atoms with Gasteiger partial charge in [0.15, 0.2) is 0 Å². The van der Waals surface area contributed by atoms with Crippen molar-refractivity contribution in [1.82, 2.24) is 10.2 Å². The smallest absolute Gasteiger partial charge is 0.314 e. The van der Waals surface area contributed by atoms with Crippen LogP contribution in [0, 0.1) is 0 Å². The van der Waals surface area contributed by atoms with Crippen LogP contribution in [0.4, 0.5) is 22.0 Å². The number of hydrogen-bond donors (Lipinski definition) is 1. The second-order valence-electron chi connectivity index (χ2n) is 4.80. The van der Waals surface area contributed by atoms with Crippen LogP contribution < -0.4 is 5.32 Å². The van der Waals surface area contributed by atoms with Gasteiger partial charge in [0.25, 0.3) is 6.43 Å². The van der Waals surface area contributed by atoms with E-state index in [2.05, 4.69) is 5.32 Å². The largest absolute Gasteiger partial charge is 0.416 e. The summed E-state index contributed by atoms with van der Waals surface area (Å²) in [7, 11) is 0. The third-order valence-corrected chi connectivity index (χ3v) is 3.77. The van der Waals surface area contributed by atoms with Gasteiger partial charge in [0, 0.05) is 31.2 Å². The predicted molar refractivity (Wildman–Crippen MR) is 69.6 cm³/mol. The SMILES string of the molecule is FC(F)[C@H](c1cc(C(F)(F)F)ccc1Cl)N1CCNCC1. The summed E-state index contributed by atoms with van der Waals surface area (Å²) in [5.74, 6) is 0. The maximum Gasteiger partial charge on any atom is 0.416 e. The van der Waals surface area contributed by atoms with Crippen molar-refractivity contribution in [2.45, 2.75) is 18.6 Å². The maximum absolute atomic E-state index is 13.4. The summed E-state index contributed by atoms with van der Waals surface area (Å²) >= 11 is 5.86. The summed E-state index contributed by atoms with van der Waals surface area (Å²) in [6.07, 6.45) is -7.40. The Labute approximate surface area is 123 Å². The van der Waals surface area contributed by atoms with Gasteiger partial charge in [-0.25, -0.2) is 8.78 Å². The molecule has 1 N–H and O–H groups in total. The number of alkyl halides is 5. The topological polar surface area (TPSA) is 15.3 Å². The fraction of sp³-hybridized carbons (Fsp3) is 0.538. The molecule has 21 heavy (non-hydrogen) atoms. The molecule has 1 aliphatic heterocycles. The van der Waals surface area contributed by atoms with Crippen LogP contribution in [0.5, 0.6) is 0 Å². The lowest BCUT2D eigenvalue weighted by molar-refractivity contribution is -0.137. The van der Waals surface area contributed by atoms with Gasteiger partial charge in [-0.15, -0.1) is 0 Å². The lowest BCUT2D eigenvalue weighted by atomic mass is 10.0. The number of hydrogen-bond acceptors (Lipinski definition) is 2. The zero-order valence-corrected chi connectivity index (χ0v) is 11.7. The van der Waals surface area contributed by atoms with Crippen molar-refractivity contribution >= 4 is 11.6 Å². The van der Waals surface area contributed by atoms with E-state index in [0.29, 0.717) is 26.2 Å². The molecule has 1 heterocycles. The van der Waals surface area contributed by atoms with Crippen LogP contribution in [0.3, 0.4) is 0 Å². The van der Waals surface area contributed by atoms with Crippen molar-refractivity contribution in [2.75, 3.05) is 26.2 Å². The molecule has 0 unspecified atom stereocenters. The third-order valence-electron chi connectivity index (χ3n) is 3.43. The molecular weight excluding hydrogens is 315 g/mol. The van der Waals surface area contributed by atoms with Gasteiger partial charge >= 0.3 is 6.18 Å². The van der Waals surface area contributed by atoms with Crippen molar-refractivity contribution in [1.29, 1.82) is 0 Å². The fourth-order valence-electron chi connectivity index (χ4n) is 2.40. The van der Waals surface area contributed by atoms with E-state index >= 15 is 0 Å². The summed E-state index contributed by atoms with van der Waals surface area (Å²) in [6, 6.07) is 1.12. The second kappa shape index (κ2) is 6.46. The first-order valence-corrected chi connectivity index (χ1v) is 6.78. The monoisotopic (exact) mass is 328 g/mol. The molecule has 0 aromatic heterocycles. The molecule has 0 saturated carbocycles. The molecule has 0 amide bonds. The van der Waals surface area contributed by atoms with Crippen LogP contribution >= 0.6 is 11.6 Å². The number of nitrogens with zero attached hydrogens (tertiary/aromatic N) is 1. The zero-order valence-electron chi connectivity index (χ0n) is 10.9. The van der Waals surface area contributed by atoms with Crippen LogP contribution in [-0.4, -0.2) is 37.5 Å². The van der Waals surface area contributed by atoms with Crippen molar-refractivity contribution < 1.29 is 22.0 Å². The second-order valence-corrected chi connectivity index (χ2v) is 5.21. The summed E-state index contributed by atoms with van der Waals surface area (Å²) < 4.78 is 65.0. The predicted octanol–water partition coefficient (Wildman–Crippen LogP) is 3.57. The molecule has 1 aliphatic rings. The number of piperazine rings is 1. The Hall–Kier alpha value is -0.920. The van der Waals surface area contributed by atoms with Gasteiger partial charge in [0.2, 0.25) is 0 Å². The zero-order chi connectivity index (χ0) is 15.6. The van der Waals surface area contributed by atoms with Gasteiger partial charge in [0.05, 0.1) is 11.6 Å². The van der Waals surface area contributed by atoms with E-state index in [1.54, 1.807) is 0 Å². The summed E-state index contributed by atoms with van der Waals surface area (Å²) in [5, 5.41) is 2.93. The molecular formula is C13H14ClF5N2. The highest BCUT2D eigenvalue weighted by Gasteiger charge is 2.35. The van der Waals surface area contributed by atoms with E-state index < -0.39 is 24.2 Å². The van der Waals surface area contributed by atoms with E-state index in [4.69, 9.17) is 11.6 Å². The van der Waals surface area contributed by atoms with E-state index in [0.717, 1.165) is 18.2 Å². The first kappa shape index (κ1) is 16.5. The average Bonchev–Trinajstić information content (AvgIpc) is 2.40. The first-order valence-electron chi connectivity index (χ1n) is 6.40. The van der Waals surface area contributed by atoms with Gasteiger partial charge in [0.1, 0.15) is 0 Å². The number of rotatable bonds is 3. The summed E-state index contributed by atoms with van der Waals surface area (Å²) in [5.41, 5.74) is -1.15. The van der Waals surface area contributed by atoms with Gasteiger partial charge in [-0.1, -0.05) is 11.6 Å². The summed E-state index contributed by atoms with van der Waals surface area (Å²) in [4.78, 5) is 1.46. The third kappa shape index (κ3) is 3.84. The normalized spacial score (nSPS) is 19.0. The van der Waals surface area contributed by atoms with E-state index in [-0.39, 0.29) is 10.6 Å². The Morgan fingerprint density at radius 3 is 2.29 bits per heavy atom. The van der Waals surface area contributed by atoms with Crippen molar-refractivity contribution in [3.05, 3.63) is 34.3 Å². The van der Waals surface area contributed by atoms with E-state index in [9.17, 15) is 22.0 Å². The van der Waals surface area contributed by atoms with Crippen LogP contribution in [0.2, 0.25) is 5.02 Å². The average molecular weight is 329 g/mol. The highest BCUT2D eigenvalue weighted by Crippen LogP contribution is 2.37. The number of benzene rings is 1. The molecule has 1 aromatic carbocycles. The molecule has 0 bridgehead atoms. The van der Waals surface area contributed by atoms with E-state index in [1.807, 2.05) is 0 Å². The molecule has 8 heteroatoms. The Bertz CT molecular complexity index is 486. The lowest BCUT2D eigenvalue weighted by Gasteiger charge is -2.35. The van der Waals surface area contributed by atoms with Crippen LogP contribution in [0.1, 0.15) is 17.2 Å². The van der Waals surface area contributed by atoms with Crippen LogP contribution in [-0.2, 0) is 6.18 Å². The molecule has 0 aliphatic carbocycles. The Morgan fingerprint density at radius 1 is 1.14 bits per heavy atom. The standard InChI is InChI=1S/C13H14ClF5N2/c14-10-2-1-8(13(17,18)19)7-9(10)11(12(15)16)21-5-3-20-4-6-21/h1-2,7,11-12,20H,3-6H2/t11-/m0/s1. The molecule has 2 rings (SSSR count). The van der Waals surface area contributed by atoms with Crippen molar-refractivity contribution in [3.8, 4) is 0 Å².